The maximum absolute atomic E-state index is 12.3. The largest absolute Gasteiger partial charge is 0.480 e. The van der Waals surface area contributed by atoms with Crippen LogP contribution in [-0.4, -0.2) is 90.1 Å². The first-order valence-electron chi connectivity index (χ1n) is 7.12. The molecule has 1 saturated heterocycles. The van der Waals surface area contributed by atoms with E-state index in [2.05, 4.69) is 5.32 Å². The summed E-state index contributed by atoms with van der Waals surface area (Å²) in [7, 11) is 1.53. The van der Waals surface area contributed by atoms with E-state index in [0.29, 0.717) is 32.7 Å². The zero-order valence-electron chi connectivity index (χ0n) is 12.8. The molecule has 1 unspecified atom stereocenters. The number of hydrogen-bond donors (Lipinski definition) is 2. The summed E-state index contributed by atoms with van der Waals surface area (Å²) in [6.45, 7) is 5.96. The lowest BCUT2D eigenvalue weighted by Gasteiger charge is -2.38. The van der Waals surface area contributed by atoms with Gasteiger partial charge in [0, 0.05) is 39.8 Å². The highest BCUT2D eigenvalue weighted by Gasteiger charge is 2.29. The number of urea groups is 1. The topological polar surface area (TPSA) is 93.2 Å². The minimum Gasteiger partial charge on any atom is -0.480 e. The van der Waals surface area contributed by atoms with Gasteiger partial charge in [0.05, 0.1) is 0 Å². The molecule has 0 bridgehead atoms. The molecular weight excluding hydrogens is 276 g/mol. The Labute approximate surface area is 124 Å². The number of rotatable bonds is 5. The van der Waals surface area contributed by atoms with E-state index in [1.165, 1.54) is 11.9 Å². The average molecular weight is 300 g/mol. The van der Waals surface area contributed by atoms with Gasteiger partial charge < -0.3 is 20.2 Å². The van der Waals surface area contributed by atoms with Gasteiger partial charge in [0.25, 0.3) is 0 Å². The quantitative estimate of drug-likeness (QED) is 0.698. The van der Waals surface area contributed by atoms with Crippen molar-refractivity contribution >= 4 is 17.9 Å². The Hall–Kier alpha value is -1.83. The van der Waals surface area contributed by atoms with E-state index in [4.69, 9.17) is 5.11 Å². The standard InChI is InChI=1S/C13H24N4O4/c1-4-15(9-11(18)14-3)13(21)17-7-5-16(6-8-17)10(2)12(19)20/h10H,4-9H2,1-3H3,(H,14,18)(H,19,20). The smallest absolute Gasteiger partial charge is 0.320 e. The van der Waals surface area contributed by atoms with Crippen molar-refractivity contribution in [2.75, 3.05) is 46.3 Å². The van der Waals surface area contributed by atoms with Gasteiger partial charge in [-0.1, -0.05) is 0 Å². The van der Waals surface area contributed by atoms with Crippen molar-refractivity contribution in [1.29, 1.82) is 0 Å². The second-order valence-electron chi connectivity index (χ2n) is 5.01. The molecule has 8 heteroatoms. The van der Waals surface area contributed by atoms with Crippen molar-refractivity contribution in [1.82, 2.24) is 20.0 Å². The molecule has 0 spiro atoms. The Morgan fingerprint density at radius 3 is 2.24 bits per heavy atom. The van der Waals surface area contributed by atoms with Gasteiger partial charge in [-0.25, -0.2) is 4.79 Å². The predicted molar refractivity (Wildman–Crippen MR) is 77.0 cm³/mol. The van der Waals surface area contributed by atoms with Crippen molar-refractivity contribution in [2.45, 2.75) is 19.9 Å². The third-order valence-corrected chi connectivity index (χ3v) is 3.76. The second kappa shape index (κ2) is 7.82. The fraction of sp³-hybridized carbons (Fsp3) is 0.769. The van der Waals surface area contributed by atoms with Crippen molar-refractivity contribution in [3.8, 4) is 0 Å². The Kier molecular flexibility index (Phi) is 6.41. The van der Waals surface area contributed by atoms with Gasteiger partial charge in [0.2, 0.25) is 5.91 Å². The number of amides is 3. The molecule has 1 heterocycles. The van der Waals surface area contributed by atoms with Crippen molar-refractivity contribution < 1.29 is 19.5 Å². The van der Waals surface area contributed by atoms with Gasteiger partial charge in [-0.3, -0.25) is 14.5 Å². The second-order valence-corrected chi connectivity index (χ2v) is 5.01. The summed E-state index contributed by atoms with van der Waals surface area (Å²) in [6.07, 6.45) is 0. The van der Waals surface area contributed by atoms with E-state index in [1.54, 1.807) is 11.8 Å². The monoisotopic (exact) mass is 300 g/mol. The number of nitrogens with one attached hydrogen (secondary N) is 1. The highest BCUT2D eigenvalue weighted by molar-refractivity contribution is 5.84. The summed E-state index contributed by atoms with van der Waals surface area (Å²) in [4.78, 5) is 39.6. The van der Waals surface area contributed by atoms with Crippen LogP contribution < -0.4 is 5.32 Å². The number of nitrogens with zero attached hydrogens (tertiary/aromatic N) is 3. The number of likely N-dealkylation sites (N-methyl/N-ethyl adjacent to an activating group) is 2. The highest BCUT2D eigenvalue weighted by Crippen LogP contribution is 2.09. The summed E-state index contributed by atoms with van der Waals surface area (Å²) >= 11 is 0. The van der Waals surface area contributed by atoms with Crippen LogP contribution >= 0.6 is 0 Å². The number of hydrogen-bond acceptors (Lipinski definition) is 4. The molecule has 120 valence electrons. The van der Waals surface area contributed by atoms with Crippen LogP contribution in [0.25, 0.3) is 0 Å². The lowest BCUT2D eigenvalue weighted by molar-refractivity contribution is -0.143. The first-order chi connectivity index (χ1) is 9.90. The van der Waals surface area contributed by atoms with Crippen LogP contribution in [0.5, 0.6) is 0 Å². The molecule has 0 radical (unpaired) electrons. The van der Waals surface area contributed by atoms with Crippen molar-refractivity contribution in [3.63, 3.8) is 0 Å². The number of carbonyl (C=O) groups excluding carboxylic acids is 2. The highest BCUT2D eigenvalue weighted by atomic mass is 16.4. The molecule has 0 saturated carbocycles. The molecular formula is C13H24N4O4. The molecule has 1 fully saturated rings. The first kappa shape index (κ1) is 17.2. The van der Waals surface area contributed by atoms with E-state index in [1.807, 2.05) is 11.8 Å². The molecule has 3 amide bonds. The van der Waals surface area contributed by atoms with E-state index in [9.17, 15) is 14.4 Å². The Morgan fingerprint density at radius 2 is 1.81 bits per heavy atom. The molecule has 8 nitrogen and oxygen atoms in total. The number of carboxylic acids is 1. The maximum atomic E-state index is 12.3. The Bertz CT molecular complexity index is 394. The predicted octanol–water partition coefficient (Wildman–Crippen LogP) is -0.735. The first-order valence-corrected chi connectivity index (χ1v) is 7.12. The van der Waals surface area contributed by atoms with Gasteiger partial charge in [-0.2, -0.15) is 0 Å². The minimum atomic E-state index is -0.857. The number of piperazine rings is 1. The molecule has 0 aromatic carbocycles. The number of carbonyl (C=O) groups is 3. The molecule has 2 N–H and O–H groups in total. The zero-order chi connectivity index (χ0) is 16.0. The summed E-state index contributed by atoms with van der Waals surface area (Å²) in [5, 5.41) is 11.5. The van der Waals surface area contributed by atoms with Gasteiger partial charge in [-0.15, -0.1) is 0 Å². The summed E-state index contributed by atoms with van der Waals surface area (Å²) in [5.74, 6) is -1.06. The zero-order valence-corrected chi connectivity index (χ0v) is 12.8. The minimum absolute atomic E-state index is 0.0393. The maximum Gasteiger partial charge on any atom is 0.320 e. The molecule has 0 aliphatic carbocycles. The average Bonchev–Trinajstić information content (AvgIpc) is 2.50. The van der Waals surface area contributed by atoms with Gasteiger partial charge in [0.15, 0.2) is 0 Å². The fourth-order valence-corrected chi connectivity index (χ4v) is 2.22. The molecule has 21 heavy (non-hydrogen) atoms. The molecule has 1 rings (SSSR count). The van der Waals surface area contributed by atoms with E-state index < -0.39 is 12.0 Å². The summed E-state index contributed by atoms with van der Waals surface area (Å²) in [5.41, 5.74) is 0. The van der Waals surface area contributed by atoms with Crippen LogP contribution in [0.15, 0.2) is 0 Å². The summed E-state index contributed by atoms with van der Waals surface area (Å²) < 4.78 is 0. The van der Waals surface area contributed by atoms with E-state index in [0.717, 1.165) is 0 Å². The Morgan fingerprint density at radius 1 is 1.24 bits per heavy atom. The molecule has 1 aliphatic heterocycles. The van der Waals surface area contributed by atoms with Crippen LogP contribution in [0.1, 0.15) is 13.8 Å². The lowest BCUT2D eigenvalue weighted by atomic mass is 10.2. The Balaban J connectivity index is 2.54. The van der Waals surface area contributed by atoms with Gasteiger partial charge in [0.1, 0.15) is 12.6 Å². The van der Waals surface area contributed by atoms with E-state index in [-0.39, 0.29) is 18.5 Å². The van der Waals surface area contributed by atoms with Crippen LogP contribution in [0.2, 0.25) is 0 Å². The third-order valence-electron chi connectivity index (χ3n) is 3.76. The van der Waals surface area contributed by atoms with Crippen molar-refractivity contribution in [3.05, 3.63) is 0 Å². The van der Waals surface area contributed by atoms with Gasteiger partial charge in [-0.05, 0) is 13.8 Å². The van der Waals surface area contributed by atoms with Crippen LogP contribution in [0.3, 0.4) is 0 Å². The van der Waals surface area contributed by atoms with Crippen LogP contribution in [0.4, 0.5) is 4.79 Å². The van der Waals surface area contributed by atoms with Crippen LogP contribution in [0, 0.1) is 0 Å². The molecule has 1 atom stereocenters. The number of aliphatic carboxylic acids is 1. The SMILES string of the molecule is CCN(CC(=O)NC)C(=O)N1CCN(C(C)C(=O)O)CC1. The number of carboxylic acid groups (broad SMARTS) is 1. The van der Waals surface area contributed by atoms with Crippen LogP contribution in [-0.2, 0) is 9.59 Å². The van der Waals surface area contributed by atoms with Crippen molar-refractivity contribution in [2.24, 2.45) is 0 Å². The lowest BCUT2D eigenvalue weighted by Crippen LogP contribution is -2.56. The van der Waals surface area contributed by atoms with E-state index >= 15 is 0 Å². The molecule has 0 aromatic rings. The molecule has 1 aliphatic rings. The normalized spacial score (nSPS) is 17.2. The fourth-order valence-electron chi connectivity index (χ4n) is 2.22. The molecule has 0 aromatic heterocycles. The summed E-state index contributed by atoms with van der Waals surface area (Å²) in [6, 6.07) is -0.723. The third kappa shape index (κ3) is 4.59. The van der Waals surface area contributed by atoms with Gasteiger partial charge >= 0.3 is 12.0 Å².